The van der Waals surface area contributed by atoms with Crippen molar-refractivity contribution in [2.24, 2.45) is 11.8 Å². The summed E-state index contributed by atoms with van der Waals surface area (Å²) in [7, 11) is 0. The average Bonchev–Trinajstić information content (AvgIpc) is 3.92. The fourth-order valence-corrected chi connectivity index (χ4v) is 6.32. The van der Waals surface area contributed by atoms with Crippen LogP contribution in [0, 0.1) is 15.4 Å². The Kier molecular flexibility index (Phi) is 8.17. The summed E-state index contributed by atoms with van der Waals surface area (Å²) in [5, 5.41) is 14.5. The molecule has 3 unspecified atom stereocenters. The van der Waals surface area contributed by atoms with E-state index in [9.17, 15) is 14.4 Å². The molecular formula is C31H33IN2O7. The third-order valence-corrected chi connectivity index (χ3v) is 8.73. The van der Waals surface area contributed by atoms with E-state index in [4.69, 9.17) is 19.3 Å². The molecule has 3 atom stereocenters. The molecular weight excluding hydrogens is 639 g/mol. The standard InChI is InChI=1S/C31H33IN2O7/c32-24-6-2-5-20(14-24)30(38)39-25-15-21(16-26-27(25)41-31(40-26,22-7-8-22)23-9-10-23)29(37)34-17-18-3-1-4-19(13-18)28(36)33-11-12-35/h1-6,13-14,16,22-23,25-27,35H,7-12,15,17H2,(H,33,36)(H,34,37). The molecule has 9 nitrogen and oxygen atoms in total. The van der Waals surface area contributed by atoms with Crippen molar-refractivity contribution < 1.29 is 33.7 Å². The summed E-state index contributed by atoms with van der Waals surface area (Å²) in [6, 6.07) is 14.2. The van der Waals surface area contributed by atoms with E-state index in [0.29, 0.717) is 28.5 Å². The summed E-state index contributed by atoms with van der Waals surface area (Å²) in [6.45, 7) is 0.236. The van der Waals surface area contributed by atoms with Crippen molar-refractivity contribution in [1.82, 2.24) is 10.6 Å². The van der Waals surface area contributed by atoms with Crippen LogP contribution in [-0.4, -0.2) is 60.1 Å². The highest BCUT2D eigenvalue weighted by molar-refractivity contribution is 14.1. The molecule has 1 aliphatic heterocycles. The lowest BCUT2D eigenvalue weighted by molar-refractivity contribution is -0.209. The van der Waals surface area contributed by atoms with Gasteiger partial charge < -0.3 is 30.0 Å². The molecule has 2 aromatic carbocycles. The van der Waals surface area contributed by atoms with Crippen molar-refractivity contribution in [2.75, 3.05) is 13.2 Å². The summed E-state index contributed by atoms with van der Waals surface area (Å²) in [4.78, 5) is 38.8. The van der Waals surface area contributed by atoms with Crippen molar-refractivity contribution >= 4 is 40.4 Å². The van der Waals surface area contributed by atoms with E-state index in [1.807, 2.05) is 24.3 Å². The van der Waals surface area contributed by atoms with E-state index >= 15 is 0 Å². The topological polar surface area (TPSA) is 123 Å². The van der Waals surface area contributed by atoms with Crippen molar-refractivity contribution in [3.8, 4) is 0 Å². The maximum Gasteiger partial charge on any atom is 0.338 e. The molecule has 3 fully saturated rings. The van der Waals surface area contributed by atoms with Crippen LogP contribution in [-0.2, 0) is 25.5 Å². The minimum atomic E-state index is -0.672. The second-order valence-electron chi connectivity index (χ2n) is 11.1. The largest absolute Gasteiger partial charge is 0.456 e. The highest BCUT2D eigenvalue weighted by atomic mass is 127. The predicted octanol–water partition coefficient (Wildman–Crippen LogP) is 3.49. The van der Waals surface area contributed by atoms with Gasteiger partial charge in [0.25, 0.3) is 5.91 Å². The SMILES string of the molecule is O=C(NCc1cccc(C(=O)NCCO)c1)C1=CC2OC(C3CC3)(C3CC3)OC2C(OC(=O)c2cccc(I)c2)C1. The van der Waals surface area contributed by atoms with Crippen LogP contribution in [0.4, 0.5) is 0 Å². The zero-order valence-corrected chi connectivity index (χ0v) is 24.7. The first kappa shape index (κ1) is 28.3. The minimum Gasteiger partial charge on any atom is -0.456 e. The first-order valence-corrected chi connectivity index (χ1v) is 15.2. The van der Waals surface area contributed by atoms with Gasteiger partial charge in [-0.3, -0.25) is 9.59 Å². The second kappa shape index (κ2) is 11.8. The van der Waals surface area contributed by atoms with E-state index < -0.39 is 30.1 Å². The van der Waals surface area contributed by atoms with E-state index in [0.717, 1.165) is 34.8 Å². The van der Waals surface area contributed by atoms with Crippen molar-refractivity contribution in [3.05, 3.63) is 80.4 Å². The zero-order valence-electron chi connectivity index (χ0n) is 22.5. The number of halogens is 1. The molecule has 1 saturated heterocycles. The Hall–Kier alpha value is -2.80. The number of benzene rings is 2. The van der Waals surface area contributed by atoms with Crippen molar-refractivity contribution in [3.63, 3.8) is 0 Å². The lowest BCUT2D eigenvalue weighted by Crippen LogP contribution is -2.44. The monoisotopic (exact) mass is 672 g/mol. The molecule has 216 valence electrons. The highest BCUT2D eigenvalue weighted by Gasteiger charge is 2.64. The van der Waals surface area contributed by atoms with Crippen LogP contribution in [0.1, 0.15) is 58.4 Å². The Morgan fingerprint density at radius 2 is 1.68 bits per heavy atom. The molecule has 0 spiro atoms. The van der Waals surface area contributed by atoms with Gasteiger partial charge in [-0.25, -0.2) is 4.79 Å². The van der Waals surface area contributed by atoms with E-state index in [2.05, 4.69) is 33.2 Å². The van der Waals surface area contributed by atoms with Crippen molar-refractivity contribution in [1.29, 1.82) is 0 Å². The van der Waals surface area contributed by atoms with Gasteiger partial charge in [-0.1, -0.05) is 18.2 Å². The van der Waals surface area contributed by atoms with Gasteiger partial charge in [0.1, 0.15) is 18.3 Å². The fraction of sp³-hybridized carbons (Fsp3) is 0.452. The molecule has 41 heavy (non-hydrogen) atoms. The van der Waals surface area contributed by atoms with Crippen LogP contribution in [0.15, 0.2) is 60.2 Å². The molecule has 1 heterocycles. The molecule has 0 bridgehead atoms. The number of aliphatic hydroxyl groups excluding tert-OH is 1. The number of nitrogens with one attached hydrogen (secondary N) is 2. The lowest BCUT2D eigenvalue weighted by Gasteiger charge is -2.31. The van der Waals surface area contributed by atoms with Crippen LogP contribution in [0.3, 0.4) is 0 Å². The highest BCUT2D eigenvalue weighted by Crippen LogP contribution is 2.59. The molecule has 2 amide bonds. The summed E-state index contributed by atoms with van der Waals surface area (Å²) >= 11 is 2.16. The minimum absolute atomic E-state index is 0.142. The Labute approximate surface area is 252 Å². The molecule has 3 aliphatic carbocycles. The predicted molar refractivity (Wildman–Crippen MR) is 157 cm³/mol. The molecule has 2 aromatic rings. The number of rotatable bonds is 10. The summed E-state index contributed by atoms with van der Waals surface area (Å²) in [5.74, 6) is -1.03. The lowest BCUT2D eigenvalue weighted by atomic mass is 9.91. The number of aliphatic hydroxyl groups is 1. The Morgan fingerprint density at radius 1 is 0.951 bits per heavy atom. The first-order chi connectivity index (χ1) is 19.9. The molecule has 2 saturated carbocycles. The number of esters is 1. The summed E-state index contributed by atoms with van der Waals surface area (Å²) in [6.07, 6.45) is 4.62. The first-order valence-electron chi connectivity index (χ1n) is 14.2. The smallest absolute Gasteiger partial charge is 0.338 e. The van der Waals surface area contributed by atoms with Crippen LogP contribution in [0.25, 0.3) is 0 Å². The van der Waals surface area contributed by atoms with Gasteiger partial charge in [0, 0.05) is 46.1 Å². The molecule has 10 heteroatoms. The van der Waals surface area contributed by atoms with Crippen LogP contribution in [0.2, 0.25) is 0 Å². The molecule has 0 radical (unpaired) electrons. The Bertz CT molecular complexity index is 1360. The van der Waals surface area contributed by atoms with Crippen molar-refractivity contribution in [2.45, 2.75) is 62.7 Å². The fourth-order valence-electron chi connectivity index (χ4n) is 5.78. The van der Waals surface area contributed by atoms with E-state index in [-0.39, 0.29) is 37.9 Å². The number of ether oxygens (including phenoxy) is 3. The second-order valence-corrected chi connectivity index (χ2v) is 12.4. The number of hydrogen-bond acceptors (Lipinski definition) is 7. The van der Waals surface area contributed by atoms with Gasteiger partial charge >= 0.3 is 5.97 Å². The van der Waals surface area contributed by atoms with Crippen LogP contribution in [0.5, 0.6) is 0 Å². The molecule has 6 rings (SSSR count). The Morgan fingerprint density at radius 3 is 2.39 bits per heavy atom. The normalized spacial score (nSPS) is 24.6. The summed E-state index contributed by atoms with van der Waals surface area (Å²) in [5.41, 5.74) is 2.13. The number of fused-ring (bicyclic) bond motifs is 1. The Balaban J connectivity index is 1.18. The van der Waals surface area contributed by atoms with Gasteiger partial charge in [0.15, 0.2) is 5.79 Å². The molecule has 3 N–H and O–H groups in total. The van der Waals surface area contributed by atoms with Gasteiger partial charge in [-0.2, -0.15) is 0 Å². The van der Waals surface area contributed by atoms with Gasteiger partial charge in [0.2, 0.25) is 5.91 Å². The van der Waals surface area contributed by atoms with Crippen LogP contribution < -0.4 is 10.6 Å². The third-order valence-electron chi connectivity index (χ3n) is 8.06. The number of amides is 2. The van der Waals surface area contributed by atoms with E-state index in [1.54, 1.807) is 30.3 Å². The maximum absolute atomic E-state index is 13.4. The van der Waals surface area contributed by atoms with Gasteiger partial charge in [-0.15, -0.1) is 0 Å². The zero-order chi connectivity index (χ0) is 28.6. The van der Waals surface area contributed by atoms with Gasteiger partial charge in [0.05, 0.1) is 12.2 Å². The van der Waals surface area contributed by atoms with Crippen LogP contribution >= 0.6 is 22.6 Å². The number of carbonyl (C=O) groups is 3. The van der Waals surface area contributed by atoms with Gasteiger partial charge in [-0.05, 0) is 90.2 Å². The maximum atomic E-state index is 13.4. The third kappa shape index (κ3) is 6.20. The van der Waals surface area contributed by atoms with E-state index in [1.165, 1.54) is 0 Å². The molecule has 4 aliphatic rings. The summed E-state index contributed by atoms with van der Waals surface area (Å²) < 4.78 is 20.2. The number of hydrogen-bond donors (Lipinski definition) is 3. The average molecular weight is 673 g/mol. The quantitative estimate of drug-likeness (QED) is 0.261. The molecule has 0 aromatic heterocycles. The number of carbonyl (C=O) groups excluding carboxylic acids is 3.